The van der Waals surface area contributed by atoms with Gasteiger partial charge in [0.05, 0.1) is 12.0 Å². The smallest absolute Gasteiger partial charge is 0.0666 e. The van der Waals surface area contributed by atoms with Crippen molar-refractivity contribution in [2.24, 2.45) is 17.8 Å². The van der Waals surface area contributed by atoms with Gasteiger partial charge in [-0.25, -0.2) is 0 Å². The van der Waals surface area contributed by atoms with Crippen LogP contribution in [-0.4, -0.2) is 30.3 Å². The molecule has 0 saturated heterocycles. The molecule has 0 radical (unpaired) electrons. The highest BCUT2D eigenvalue weighted by molar-refractivity contribution is 7.80. The van der Waals surface area contributed by atoms with Gasteiger partial charge in [0, 0.05) is 13.1 Å². The summed E-state index contributed by atoms with van der Waals surface area (Å²) in [6.45, 7) is 11.6. The van der Waals surface area contributed by atoms with Crippen LogP contribution in [0.5, 0.6) is 0 Å². The molecule has 0 aliphatic rings. The molecular formula is C12H24N2S. The summed E-state index contributed by atoms with van der Waals surface area (Å²) >= 11 is 4.39. The zero-order chi connectivity index (χ0) is 11.8. The summed E-state index contributed by atoms with van der Waals surface area (Å²) in [4.78, 5) is 2.36. The van der Waals surface area contributed by atoms with E-state index in [1.165, 1.54) is 0 Å². The van der Waals surface area contributed by atoms with E-state index in [1.807, 2.05) is 6.92 Å². The predicted octanol–water partition coefficient (Wildman–Crippen LogP) is 2.67. The topological polar surface area (TPSA) is 27.0 Å². The van der Waals surface area contributed by atoms with Crippen LogP contribution in [0, 0.1) is 29.1 Å². The fraction of sp³-hybridized carbons (Fsp3) is 0.917. The Balaban J connectivity index is 4.13. The lowest BCUT2D eigenvalue weighted by molar-refractivity contribution is 0.211. The van der Waals surface area contributed by atoms with Crippen molar-refractivity contribution in [3.8, 4) is 6.07 Å². The lowest BCUT2D eigenvalue weighted by Crippen LogP contribution is -2.35. The van der Waals surface area contributed by atoms with Crippen LogP contribution in [0.4, 0.5) is 0 Å². The molecule has 0 spiro atoms. The van der Waals surface area contributed by atoms with Gasteiger partial charge in [-0.15, -0.1) is 0 Å². The van der Waals surface area contributed by atoms with E-state index in [1.54, 1.807) is 0 Å². The third-order valence-corrected chi connectivity index (χ3v) is 3.34. The molecule has 0 heterocycles. The molecule has 0 bridgehead atoms. The van der Waals surface area contributed by atoms with Crippen molar-refractivity contribution in [1.29, 1.82) is 5.26 Å². The summed E-state index contributed by atoms with van der Waals surface area (Å²) in [7, 11) is 0. The fourth-order valence-electron chi connectivity index (χ4n) is 1.57. The highest BCUT2D eigenvalue weighted by Crippen LogP contribution is 2.15. The van der Waals surface area contributed by atoms with E-state index in [9.17, 15) is 0 Å². The zero-order valence-corrected chi connectivity index (χ0v) is 11.3. The molecule has 0 saturated carbocycles. The highest BCUT2D eigenvalue weighted by atomic mass is 32.1. The van der Waals surface area contributed by atoms with E-state index < -0.39 is 0 Å². The van der Waals surface area contributed by atoms with Crippen LogP contribution >= 0.6 is 12.6 Å². The van der Waals surface area contributed by atoms with Gasteiger partial charge < -0.3 is 4.90 Å². The first-order valence-electron chi connectivity index (χ1n) is 5.77. The van der Waals surface area contributed by atoms with Crippen molar-refractivity contribution < 1.29 is 0 Å². The average Bonchev–Trinajstić information content (AvgIpc) is 2.22. The summed E-state index contributed by atoms with van der Waals surface area (Å²) < 4.78 is 0. The van der Waals surface area contributed by atoms with Crippen molar-refractivity contribution in [2.75, 3.05) is 25.4 Å². The number of nitriles is 1. The number of hydrogen-bond donors (Lipinski definition) is 1. The Morgan fingerprint density at radius 3 is 2.20 bits per heavy atom. The fourth-order valence-corrected chi connectivity index (χ4v) is 2.11. The molecule has 2 nitrogen and oxygen atoms in total. The van der Waals surface area contributed by atoms with Gasteiger partial charge in [-0.2, -0.15) is 17.9 Å². The maximum Gasteiger partial charge on any atom is 0.0666 e. The van der Waals surface area contributed by atoms with Crippen LogP contribution in [0.2, 0.25) is 0 Å². The molecule has 15 heavy (non-hydrogen) atoms. The number of thiol groups is 1. The molecule has 2 atom stereocenters. The Labute approximate surface area is 100 Å². The normalized spacial score (nSPS) is 15.3. The Morgan fingerprint density at radius 2 is 1.87 bits per heavy atom. The second-order valence-corrected chi connectivity index (χ2v) is 4.93. The summed E-state index contributed by atoms with van der Waals surface area (Å²) in [5.74, 6) is 2.33. The SMILES string of the molecule is CCN(CC(C)C#N)CC(CS)C(C)C. The molecule has 0 aromatic carbocycles. The van der Waals surface area contributed by atoms with E-state index in [0.717, 1.165) is 25.4 Å². The molecule has 0 aliphatic carbocycles. The van der Waals surface area contributed by atoms with Crippen LogP contribution in [0.15, 0.2) is 0 Å². The Morgan fingerprint density at radius 1 is 1.27 bits per heavy atom. The molecule has 0 aliphatic heterocycles. The van der Waals surface area contributed by atoms with Crippen molar-refractivity contribution in [2.45, 2.75) is 27.7 Å². The average molecular weight is 228 g/mol. The molecule has 0 rings (SSSR count). The molecule has 2 unspecified atom stereocenters. The first kappa shape index (κ1) is 14.8. The number of rotatable bonds is 7. The Bertz CT molecular complexity index is 198. The predicted molar refractivity (Wildman–Crippen MR) is 69.1 cm³/mol. The maximum atomic E-state index is 8.79. The molecular weight excluding hydrogens is 204 g/mol. The van der Waals surface area contributed by atoms with E-state index >= 15 is 0 Å². The minimum atomic E-state index is 0.123. The van der Waals surface area contributed by atoms with Gasteiger partial charge in [-0.3, -0.25) is 0 Å². The summed E-state index contributed by atoms with van der Waals surface area (Å²) in [5, 5.41) is 8.79. The highest BCUT2D eigenvalue weighted by Gasteiger charge is 2.16. The van der Waals surface area contributed by atoms with Crippen LogP contribution in [0.3, 0.4) is 0 Å². The zero-order valence-electron chi connectivity index (χ0n) is 10.4. The van der Waals surface area contributed by atoms with Gasteiger partial charge in [-0.1, -0.05) is 20.8 Å². The first-order chi connectivity index (χ1) is 7.04. The van der Waals surface area contributed by atoms with Crippen molar-refractivity contribution >= 4 is 12.6 Å². The molecule has 0 aromatic heterocycles. The standard InChI is InChI=1S/C12H24N2S/c1-5-14(7-11(4)6-13)8-12(9-15)10(2)3/h10-12,15H,5,7-9H2,1-4H3. The van der Waals surface area contributed by atoms with Crippen LogP contribution in [0.1, 0.15) is 27.7 Å². The van der Waals surface area contributed by atoms with Gasteiger partial charge in [0.15, 0.2) is 0 Å². The first-order valence-corrected chi connectivity index (χ1v) is 6.41. The lowest BCUT2D eigenvalue weighted by Gasteiger charge is -2.28. The van der Waals surface area contributed by atoms with E-state index in [0.29, 0.717) is 11.8 Å². The summed E-state index contributed by atoms with van der Waals surface area (Å²) in [6, 6.07) is 2.29. The largest absolute Gasteiger partial charge is 0.302 e. The number of nitrogens with zero attached hydrogens (tertiary/aromatic N) is 2. The second kappa shape index (κ2) is 8.01. The second-order valence-electron chi connectivity index (χ2n) is 4.57. The molecule has 3 heteroatoms. The minimum Gasteiger partial charge on any atom is -0.302 e. The van der Waals surface area contributed by atoms with Gasteiger partial charge in [0.25, 0.3) is 0 Å². The molecule has 0 amide bonds. The van der Waals surface area contributed by atoms with Crippen molar-refractivity contribution in [3.05, 3.63) is 0 Å². The van der Waals surface area contributed by atoms with Gasteiger partial charge in [0.2, 0.25) is 0 Å². The lowest BCUT2D eigenvalue weighted by atomic mass is 9.97. The molecule has 88 valence electrons. The maximum absolute atomic E-state index is 8.79. The van der Waals surface area contributed by atoms with E-state index in [-0.39, 0.29) is 5.92 Å². The third-order valence-electron chi connectivity index (χ3n) is 2.87. The Hall–Kier alpha value is -0.200. The quantitative estimate of drug-likeness (QED) is 0.678. The number of hydrogen-bond acceptors (Lipinski definition) is 3. The minimum absolute atomic E-state index is 0.123. The van der Waals surface area contributed by atoms with Crippen LogP contribution in [-0.2, 0) is 0 Å². The van der Waals surface area contributed by atoms with Crippen LogP contribution in [0.25, 0.3) is 0 Å². The van der Waals surface area contributed by atoms with Gasteiger partial charge in [0.1, 0.15) is 0 Å². The molecule has 0 aromatic rings. The van der Waals surface area contributed by atoms with Crippen molar-refractivity contribution in [1.82, 2.24) is 4.90 Å². The van der Waals surface area contributed by atoms with Crippen molar-refractivity contribution in [3.63, 3.8) is 0 Å². The van der Waals surface area contributed by atoms with Gasteiger partial charge >= 0.3 is 0 Å². The summed E-state index contributed by atoms with van der Waals surface area (Å²) in [5.41, 5.74) is 0. The molecule has 0 N–H and O–H groups in total. The Kier molecular flexibility index (Phi) is 7.90. The molecule has 0 fully saturated rings. The third kappa shape index (κ3) is 6.06. The van der Waals surface area contributed by atoms with Crippen LogP contribution < -0.4 is 0 Å². The monoisotopic (exact) mass is 228 g/mol. The van der Waals surface area contributed by atoms with E-state index in [4.69, 9.17) is 5.26 Å². The van der Waals surface area contributed by atoms with Gasteiger partial charge in [-0.05, 0) is 31.1 Å². The summed E-state index contributed by atoms with van der Waals surface area (Å²) in [6.07, 6.45) is 0. The van der Waals surface area contributed by atoms with E-state index in [2.05, 4.69) is 44.4 Å².